The number of carbonyl (C=O) groups is 4. The van der Waals surface area contributed by atoms with E-state index in [2.05, 4.69) is 0 Å². The number of carboxylic acid groups (broad SMARTS) is 3. The van der Waals surface area contributed by atoms with Crippen LogP contribution in [-0.2, 0) is 23.9 Å². The van der Waals surface area contributed by atoms with E-state index in [4.69, 9.17) is 20.1 Å². The minimum absolute atomic E-state index is 0.0287. The summed E-state index contributed by atoms with van der Waals surface area (Å²) in [4.78, 5) is 40.6. The van der Waals surface area contributed by atoms with Crippen molar-refractivity contribution in [2.45, 2.75) is 58.3 Å². The lowest BCUT2D eigenvalue weighted by atomic mass is 10.2. The fourth-order valence-electron chi connectivity index (χ4n) is 1.16. The topological polar surface area (TPSA) is 138 Å². The summed E-state index contributed by atoms with van der Waals surface area (Å²) >= 11 is 0. The van der Waals surface area contributed by atoms with Crippen LogP contribution < -0.4 is 0 Å². The summed E-state index contributed by atoms with van der Waals surface area (Å²) in [6.45, 7) is 2.39. The van der Waals surface area contributed by atoms with Gasteiger partial charge in [0.05, 0.1) is 19.4 Å². The summed E-state index contributed by atoms with van der Waals surface area (Å²) in [5, 5.41) is 24.5. The largest absolute Gasteiger partial charge is 0.481 e. The van der Waals surface area contributed by atoms with E-state index in [1.165, 1.54) is 0 Å². The van der Waals surface area contributed by atoms with Crippen LogP contribution in [0.1, 0.15) is 58.3 Å². The molecule has 0 aliphatic heterocycles. The highest BCUT2D eigenvalue weighted by molar-refractivity contribution is 5.76. The van der Waals surface area contributed by atoms with Gasteiger partial charge in [-0.1, -0.05) is 13.3 Å². The average Bonchev–Trinajstić information content (AvgIpc) is 2.42. The van der Waals surface area contributed by atoms with Gasteiger partial charge in [0.15, 0.2) is 0 Å². The van der Waals surface area contributed by atoms with Gasteiger partial charge in [0.1, 0.15) is 0 Å². The van der Waals surface area contributed by atoms with Gasteiger partial charge in [-0.3, -0.25) is 19.2 Å². The molecular weight excluding hydrogens is 296 g/mol. The quantitative estimate of drug-likeness (QED) is 0.387. The van der Waals surface area contributed by atoms with Crippen molar-refractivity contribution >= 4 is 23.9 Å². The highest BCUT2D eigenvalue weighted by Gasteiger charge is 2.05. The third-order valence-corrected chi connectivity index (χ3v) is 2.34. The predicted octanol–water partition coefficient (Wildman–Crippen LogP) is 1.91. The molecule has 0 aromatic carbocycles. The first kappa shape index (κ1) is 22.2. The molecule has 22 heavy (non-hydrogen) atoms. The summed E-state index contributed by atoms with van der Waals surface area (Å²) in [5.41, 5.74) is 0. The van der Waals surface area contributed by atoms with Crippen molar-refractivity contribution in [2.75, 3.05) is 6.61 Å². The number of rotatable bonds is 11. The Morgan fingerprint density at radius 1 is 0.727 bits per heavy atom. The number of carboxylic acids is 3. The maximum atomic E-state index is 10.7. The van der Waals surface area contributed by atoms with Crippen LogP contribution >= 0.6 is 0 Å². The number of hydrogen-bond acceptors (Lipinski definition) is 5. The number of carbonyl (C=O) groups excluding carboxylic acids is 1. The maximum Gasteiger partial charge on any atom is 0.306 e. The second-order valence-corrected chi connectivity index (χ2v) is 4.46. The van der Waals surface area contributed by atoms with Crippen LogP contribution in [0.3, 0.4) is 0 Å². The van der Waals surface area contributed by atoms with Crippen LogP contribution in [0.4, 0.5) is 0 Å². The van der Waals surface area contributed by atoms with E-state index in [1.54, 1.807) is 0 Å². The van der Waals surface area contributed by atoms with Crippen molar-refractivity contribution in [3.8, 4) is 0 Å². The Kier molecular flexibility index (Phi) is 15.4. The lowest BCUT2D eigenvalue weighted by molar-refractivity contribution is -0.147. The normalized spacial score (nSPS) is 9.32. The van der Waals surface area contributed by atoms with E-state index in [9.17, 15) is 19.2 Å². The van der Waals surface area contributed by atoms with Crippen LogP contribution in [0.2, 0.25) is 0 Å². The third kappa shape index (κ3) is 23.0. The van der Waals surface area contributed by atoms with Gasteiger partial charge < -0.3 is 20.1 Å². The number of hydrogen-bond donors (Lipinski definition) is 3. The Labute approximate surface area is 129 Å². The molecule has 8 nitrogen and oxygen atoms in total. The molecular formula is C14H24O8. The summed E-state index contributed by atoms with van der Waals surface area (Å²) in [6.07, 6.45) is 2.64. The molecule has 0 radical (unpaired) electrons. The first-order valence-corrected chi connectivity index (χ1v) is 7.10. The van der Waals surface area contributed by atoms with Crippen LogP contribution in [0.25, 0.3) is 0 Å². The second-order valence-electron chi connectivity index (χ2n) is 4.46. The molecule has 0 bridgehead atoms. The maximum absolute atomic E-state index is 10.7. The van der Waals surface area contributed by atoms with Gasteiger partial charge in [-0.05, 0) is 19.3 Å². The molecule has 0 saturated heterocycles. The fourth-order valence-corrected chi connectivity index (χ4v) is 1.16. The monoisotopic (exact) mass is 320 g/mol. The van der Waals surface area contributed by atoms with Crippen molar-refractivity contribution in [1.82, 2.24) is 0 Å². The van der Waals surface area contributed by atoms with Gasteiger partial charge in [-0.2, -0.15) is 0 Å². The SMILES string of the molecule is CCCCOC(=O)CCC(=O)O.O=C(O)CCCCC(=O)O. The van der Waals surface area contributed by atoms with Gasteiger partial charge in [-0.15, -0.1) is 0 Å². The molecule has 0 spiro atoms. The Balaban J connectivity index is 0. The van der Waals surface area contributed by atoms with E-state index < -0.39 is 23.9 Å². The average molecular weight is 320 g/mol. The Morgan fingerprint density at radius 3 is 1.55 bits per heavy atom. The second kappa shape index (κ2) is 15.3. The molecule has 0 saturated carbocycles. The van der Waals surface area contributed by atoms with Crippen molar-refractivity contribution in [1.29, 1.82) is 0 Å². The first-order chi connectivity index (χ1) is 10.3. The van der Waals surface area contributed by atoms with E-state index in [1.807, 2.05) is 6.92 Å². The zero-order chi connectivity index (χ0) is 17.4. The third-order valence-electron chi connectivity index (χ3n) is 2.34. The number of aliphatic carboxylic acids is 3. The Morgan fingerprint density at radius 2 is 1.18 bits per heavy atom. The van der Waals surface area contributed by atoms with Gasteiger partial charge in [0.25, 0.3) is 0 Å². The molecule has 0 heterocycles. The molecule has 0 fully saturated rings. The highest BCUT2D eigenvalue weighted by atomic mass is 16.5. The van der Waals surface area contributed by atoms with E-state index in [-0.39, 0.29) is 25.7 Å². The van der Waals surface area contributed by atoms with Gasteiger partial charge in [0, 0.05) is 12.8 Å². The standard InChI is InChI=1S/C8H14O4.C6H10O4/c1-2-3-6-12-8(11)5-4-7(9)10;7-5(8)3-1-2-4-6(9)10/h2-6H2,1H3,(H,9,10);1-4H2,(H,7,8)(H,9,10). The van der Waals surface area contributed by atoms with E-state index >= 15 is 0 Å². The van der Waals surface area contributed by atoms with Crippen molar-refractivity contribution in [2.24, 2.45) is 0 Å². The number of unbranched alkanes of at least 4 members (excludes halogenated alkanes) is 2. The summed E-state index contributed by atoms with van der Waals surface area (Å²) < 4.78 is 4.73. The fraction of sp³-hybridized carbons (Fsp3) is 0.714. The van der Waals surface area contributed by atoms with Gasteiger partial charge in [0.2, 0.25) is 0 Å². The summed E-state index contributed by atoms with van der Waals surface area (Å²) in [7, 11) is 0. The zero-order valence-corrected chi connectivity index (χ0v) is 12.7. The smallest absolute Gasteiger partial charge is 0.306 e. The molecule has 0 amide bonds. The van der Waals surface area contributed by atoms with E-state index in [0.29, 0.717) is 19.4 Å². The molecule has 8 heteroatoms. The van der Waals surface area contributed by atoms with Crippen molar-refractivity contribution in [3.63, 3.8) is 0 Å². The predicted molar refractivity (Wildman–Crippen MR) is 76.5 cm³/mol. The van der Waals surface area contributed by atoms with Crippen molar-refractivity contribution in [3.05, 3.63) is 0 Å². The Hall–Kier alpha value is -2.12. The molecule has 0 unspecified atom stereocenters. The van der Waals surface area contributed by atoms with Gasteiger partial charge in [-0.25, -0.2) is 0 Å². The molecule has 0 aliphatic carbocycles. The highest BCUT2D eigenvalue weighted by Crippen LogP contribution is 1.98. The van der Waals surface area contributed by atoms with Crippen LogP contribution in [-0.4, -0.2) is 45.8 Å². The minimum atomic E-state index is -0.970. The Bertz CT molecular complexity index is 335. The lowest BCUT2D eigenvalue weighted by Crippen LogP contribution is -2.08. The minimum Gasteiger partial charge on any atom is -0.481 e. The molecule has 0 rings (SSSR count). The molecule has 0 atom stereocenters. The zero-order valence-electron chi connectivity index (χ0n) is 12.7. The van der Waals surface area contributed by atoms with Crippen LogP contribution in [0, 0.1) is 0 Å². The van der Waals surface area contributed by atoms with E-state index in [0.717, 1.165) is 12.8 Å². The van der Waals surface area contributed by atoms with Crippen molar-refractivity contribution < 1.29 is 39.2 Å². The molecule has 0 aromatic rings. The molecule has 0 aliphatic rings. The van der Waals surface area contributed by atoms with Crippen LogP contribution in [0.5, 0.6) is 0 Å². The lowest BCUT2D eigenvalue weighted by Gasteiger charge is -2.01. The molecule has 0 aromatic heterocycles. The van der Waals surface area contributed by atoms with Crippen LogP contribution in [0.15, 0.2) is 0 Å². The van der Waals surface area contributed by atoms with Gasteiger partial charge >= 0.3 is 23.9 Å². The number of ether oxygens (including phenoxy) is 1. The molecule has 3 N–H and O–H groups in total. The molecule has 128 valence electrons. The summed E-state index contributed by atoms with van der Waals surface area (Å²) in [5.74, 6) is -3.14. The summed E-state index contributed by atoms with van der Waals surface area (Å²) in [6, 6.07) is 0. The number of esters is 1. The first-order valence-electron chi connectivity index (χ1n) is 7.10.